The van der Waals surface area contributed by atoms with Gasteiger partial charge in [0, 0.05) is 83.1 Å². The van der Waals surface area contributed by atoms with E-state index in [1.54, 1.807) is 0 Å². The molecule has 0 aromatic rings. The van der Waals surface area contributed by atoms with E-state index in [0.717, 1.165) is 77.2 Å². The molecule has 0 aromatic carbocycles. The molecule has 0 aromatic heterocycles. The maximum absolute atomic E-state index is 12.2. The monoisotopic (exact) mass is 871 g/mol. The summed E-state index contributed by atoms with van der Waals surface area (Å²) in [6, 6.07) is 2.63. The molecule has 2 saturated carbocycles. The Morgan fingerprint density at radius 1 is 0.574 bits per heavy atom. The molecule has 2 aliphatic carbocycles. The Morgan fingerprint density at radius 3 is 1.41 bits per heavy atom. The molecular formula is C48H82N6O6S. The number of hydrogen-bond acceptors (Lipinski definition) is 9. The van der Waals surface area contributed by atoms with E-state index in [-0.39, 0.29) is 12.2 Å². The van der Waals surface area contributed by atoms with Crippen molar-refractivity contribution >= 4 is 35.3 Å². The Labute approximate surface area is 374 Å². The van der Waals surface area contributed by atoms with E-state index in [4.69, 9.17) is 26.4 Å². The fraction of sp³-hybridized carbons (Fsp3) is 0.917. The number of amides is 3. The Morgan fingerprint density at radius 2 is 1.02 bits per heavy atom. The van der Waals surface area contributed by atoms with Gasteiger partial charge in [-0.25, -0.2) is 9.59 Å². The molecule has 7 aliphatic heterocycles. The van der Waals surface area contributed by atoms with Gasteiger partial charge in [0.15, 0.2) is 0 Å². The zero-order valence-corrected chi connectivity index (χ0v) is 39.4. The highest BCUT2D eigenvalue weighted by molar-refractivity contribution is 7.80. The summed E-state index contributed by atoms with van der Waals surface area (Å²) in [6.07, 6.45) is 21.4. The summed E-state index contributed by atoms with van der Waals surface area (Å²) in [5.74, 6) is 1.86. The summed E-state index contributed by atoms with van der Waals surface area (Å²) in [4.78, 5) is 51.4. The van der Waals surface area contributed by atoms with Crippen LogP contribution in [-0.2, 0) is 19.0 Å². The normalized spacial score (nSPS) is 33.2. The quantitative estimate of drug-likeness (QED) is 0.225. The van der Waals surface area contributed by atoms with Crippen LogP contribution in [0.3, 0.4) is 0 Å². The molecule has 9 aliphatic rings. The summed E-state index contributed by atoms with van der Waals surface area (Å²) >= 11 is 5.63. The molecule has 2 atom stereocenters. The van der Waals surface area contributed by atoms with E-state index < -0.39 is 0 Å². The van der Waals surface area contributed by atoms with Gasteiger partial charge in [-0.1, -0.05) is 26.1 Å². The lowest BCUT2D eigenvalue weighted by atomic mass is 9.64. The molecule has 0 N–H and O–H groups in total. The average molecular weight is 871 g/mol. The summed E-state index contributed by atoms with van der Waals surface area (Å²) in [5, 5.41) is 0. The van der Waals surface area contributed by atoms with Gasteiger partial charge in [-0.15, -0.1) is 0 Å². The first-order valence-electron chi connectivity index (χ1n) is 25.1. The van der Waals surface area contributed by atoms with Crippen LogP contribution < -0.4 is 0 Å². The third-order valence-corrected chi connectivity index (χ3v) is 17.1. The van der Waals surface area contributed by atoms with Crippen LogP contribution in [0.5, 0.6) is 0 Å². The number of hydrogen-bond donors (Lipinski definition) is 0. The molecular weight excluding hydrogens is 789 g/mol. The van der Waals surface area contributed by atoms with Crippen molar-refractivity contribution in [2.24, 2.45) is 22.7 Å². The minimum atomic E-state index is -0.133. The molecule has 2 spiro atoms. The Balaban J connectivity index is 0.000000165. The fourth-order valence-electron chi connectivity index (χ4n) is 13.1. The van der Waals surface area contributed by atoms with Crippen LogP contribution in [0.25, 0.3) is 0 Å². The Hall–Kier alpha value is -2.22. The van der Waals surface area contributed by atoms with E-state index in [9.17, 15) is 14.4 Å². The Kier molecular flexibility index (Phi) is 16.6. The minimum absolute atomic E-state index is 0.116. The largest absolute Gasteiger partial charge is 0.450 e. The molecule has 61 heavy (non-hydrogen) atoms. The predicted molar refractivity (Wildman–Crippen MR) is 244 cm³/mol. The standard InChI is InChI=1S/C22H37N3O3.C22H37N3O2S.C4H8O/c1-3-20(26)25-10-5-6-19(25)17-7-11-23(12-8-17)18-14-22(15-18)9-13-24(16-22)21(27)28-4-2;1-3-20(28)25-10-5-6-19(25)17-7-11-23(12-8-17)18-14-22(15-18)9-13-24(16-22)21(26)27-4-2;1-2-4-5-3-1/h2*17-19H,3-16H2,1-2H3;1-4H2/t2*18?,19-,22?;/m00./s1. The number of thiocarbonyl (C=S) groups is 1. The topological polar surface area (TPSA) is 98.3 Å². The van der Waals surface area contributed by atoms with Crippen LogP contribution in [0.4, 0.5) is 9.59 Å². The van der Waals surface area contributed by atoms with E-state index in [0.29, 0.717) is 60.4 Å². The maximum atomic E-state index is 12.2. The van der Waals surface area contributed by atoms with Gasteiger partial charge >= 0.3 is 12.2 Å². The lowest BCUT2D eigenvalue weighted by Gasteiger charge is -2.52. The SMILES string of the molecule is C1CCOC1.CCOC(=O)N1CCC2(CC(N3CCC([C@@H]4CCCN4C(=O)CC)CC3)C2)C1.CCOC(=O)N1CCC2(CC(N3CCC([C@@H]4CCCN4C(=S)CC)CC3)C2)C1. The van der Waals surface area contributed by atoms with Crippen molar-refractivity contribution in [3.63, 3.8) is 0 Å². The van der Waals surface area contributed by atoms with E-state index in [1.807, 2.05) is 30.6 Å². The van der Waals surface area contributed by atoms with Crippen molar-refractivity contribution in [3.8, 4) is 0 Å². The molecule has 3 amide bonds. The van der Waals surface area contributed by atoms with Crippen LogP contribution in [0.2, 0.25) is 0 Å². The molecule has 13 heteroatoms. The second-order valence-electron chi connectivity index (χ2n) is 20.2. The first-order valence-corrected chi connectivity index (χ1v) is 25.5. The smallest absolute Gasteiger partial charge is 0.409 e. The molecule has 0 bridgehead atoms. The molecule has 0 radical (unpaired) electrons. The van der Waals surface area contributed by atoms with Crippen LogP contribution in [-0.4, -0.2) is 169 Å². The molecule has 0 unspecified atom stereocenters. The summed E-state index contributed by atoms with van der Waals surface area (Å²) in [6.45, 7) is 21.4. The lowest BCUT2D eigenvalue weighted by molar-refractivity contribution is -0.133. The molecule has 12 nitrogen and oxygen atoms in total. The first kappa shape index (κ1) is 46.8. The average Bonchev–Trinajstić information content (AvgIpc) is 4.12. The first-order chi connectivity index (χ1) is 29.6. The number of ether oxygens (including phenoxy) is 3. The van der Waals surface area contributed by atoms with Crippen molar-refractivity contribution in [1.29, 1.82) is 0 Å². The van der Waals surface area contributed by atoms with Crippen molar-refractivity contribution in [1.82, 2.24) is 29.4 Å². The van der Waals surface area contributed by atoms with E-state index >= 15 is 0 Å². The highest BCUT2D eigenvalue weighted by atomic mass is 32.1. The zero-order chi connectivity index (χ0) is 43.0. The van der Waals surface area contributed by atoms with Gasteiger partial charge in [-0.3, -0.25) is 4.79 Å². The second-order valence-corrected chi connectivity index (χ2v) is 20.7. The van der Waals surface area contributed by atoms with Gasteiger partial charge in [0.1, 0.15) is 0 Å². The van der Waals surface area contributed by atoms with Gasteiger partial charge in [-0.05, 0) is 172 Å². The van der Waals surface area contributed by atoms with Crippen LogP contribution in [0.15, 0.2) is 0 Å². The zero-order valence-electron chi connectivity index (χ0n) is 38.6. The van der Waals surface area contributed by atoms with Gasteiger partial charge in [0.25, 0.3) is 0 Å². The van der Waals surface area contributed by atoms with Gasteiger partial charge in [0.2, 0.25) is 5.91 Å². The third kappa shape index (κ3) is 11.2. The van der Waals surface area contributed by atoms with Crippen molar-refractivity contribution in [2.45, 2.75) is 167 Å². The summed E-state index contributed by atoms with van der Waals surface area (Å²) < 4.78 is 15.3. The number of likely N-dealkylation sites (tertiary alicyclic amines) is 6. The minimum Gasteiger partial charge on any atom is -0.450 e. The molecule has 9 rings (SSSR count). The summed E-state index contributed by atoms with van der Waals surface area (Å²) in [7, 11) is 0. The highest BCUT2D eigenvalue weighted by Crippen LogP contribution is 2.52. The molecule has 7 saturated heterocycles. The van der Waals surface area contributed by atoms with Gasteiger partial charge < -0.3 is 43.6 Å². The number of piperidine rings is 2. The van der Waals surface area contributed by atoms with E-state index in [2.05, 4.69) is 26.5 Å². The van der Waals surface area contributed by atoms with Crippen molar-refractivity contribution < 1.29 is 28.6 Å². The molecule has 7 heterocycles. The highest BCUT2D eigenvalue weighted by Gasteiger charge is 2.53. The number of carbonyl (C=O) groups is 3. The van der Waals surface area contributed by atoms with Gasteiger partial charge in [-0.2, -0.15) is 0 Å². The van der Waals surface area contributed by atoms with Crippen LogP contribution in [0.1, 0.15) is 143 Å². The predicted octanol–water partition coefficient (Wildman–Crippen LogP) is 7.82. The fourth-order valence-corrected chi connectivity index (χ4v) is 13.3. The number of rotatable bonds is 8. The second kappa shape index (κ2) is 21.6. The Bertz CT molecular complexity index is 1340. The van der Waals surface area contributed by atoms with Crippen LogP contribution in [0, 0.1) is 22.7 Å². The van der Waals surface area contributed by atoms with Gasteiger partial charge in [0.05, 0.1) is 18.2 Å². The third-order valence-electron chi connectivity index (χ3n) is 16.5. The van der Waals surface area contributed by atoms with Crippen molar-refractivity contribution in [3.05, 3.63) is 0 Å². The lowest BCUT2D eigenvalue weighted by Crippen LogP contribution is -2.55. The van der Waals surface area contributed by atoms with Crippen LogP contribution >= 0.6 is 12.2 Å². The molecule has 9 fully saturated rings. The summed E-state index contributed by atoms with van der Waals surface area (Å²) in [5.41, 5.74) is 0.730. The van der Waals surface area contributed by atoms with Crippen molar-refractivity contribution in [2.75, 3.05) is 91.9 Å². The van der Waals surface area contributed by atoms with E-state index in [1.165, 1.54) is 128 Å². The number of carbonyl (C=O) groups excluding carboxylic acids is 3. The number of nitrogens with zero attached hydrogens (tertiary/aromatic N) is 6. The maximum Gasteiger partial charge on any atom is 0.409 e. The molecule has 346 valence electrons.